The maximum absolute atomic E-state index is 11.3. The van der Waals surface area contributed by atoms with E-state index in [1.165, 1.54) is 5.56 Å². The second-order valence-electron chi connectivity index (χ2n) is 5.62. The minimum atomic E-state index is -0.776. The van der Waals surface area contributed by atoms with Crippen molar-refractivity contribution in [3.05, 3.63) is 52.6 Å². The molecular weight excluding hydrogens is 264 g/mol. The molecule has 1 N–H and O–H groups in total. The molecule has 1 aliphatic rings. The molecule has 2 aromatic rings. The summed E-state index contributed by atoms with van der Waals surface area (Å²) in [6, 6.07) is 10.1. The molecule has 0 radical (unpaired) electrons. The lowest BCUT2D eigenvalue weighted by Crippen LogP contribution is -2.06. The molecule has 0 spiro atoms. The number of carboxylic acids is 1. The Labute approximate surface area is 124 Å². The number of hydrogen-bond acceptors (Lipinski definition) is 2. The number of carbonyl (C=O) groups is 1. The first-order chi connectivity index (χ1) is 10.0. The summed E-state index contributed by atoms with van der Waals surface area (Å²) in [4.78, 5) is 11.3. The summed E-state index contributed by atoms with van der Waals surface area (Å²) in [6.45, 7) is 4.12. The maximum atomic E-state index is 11.3. The van der Waals surface area contributed by atoms with Crippen LogP contribution in [0, 0.1) is 13.8 Å². The standard InChI is InChI=1S/C18H18O3/c1-10-7-11(2)17-13(9-16(19)20)12-5-4-6-15(21-3)18(12)14(17)8-10/h4-8,13H,9H2,1-3H3,(H,19,20). The SMILES string of the molecule is COc1cccc2c1-c1cc(C)cc(C)c1C2CC(=O)O. The van der Waals surface area contributed by atoms with Crippen LogP contribution in [-0.4, -0.2) is 18.2 Å². The van der Waals surface area contributed by atoms with Crippen molar-refractivity contribution in [1.82, 2.24) is 0 Å². The first-order valence-electron chi connectivity index (χ1n) is 7.03. The molecule has 1 atom stereocenters. The molecule has 21 heavy (non-hydrogen) atoms. The van der Waals surface area contributed by atoms with Gasteiger partial charge in [-0.1, -0.05) is 29.8 Å². The van der Waals surface area contributed by atoms with Crippen LogP contribution in [-0.2, 0) is 4.79 Å². The number of aliphatic carboxylic acids is 1. The van der Waals surface area contributed by atoms with Gasteiger partial charge in [0.25, 0.3) is 0 Å². The molecule has 0 heterocycles. The maximum Gasteiger partial charge on any atom is 0.304 e. The van der Waals surface area contributed by atoms with Crippen LogP contribution in [0.5, 0.6) is 5.75 Å². The van der Waals surface area contributed by atoms with E-state index in [0.29, 0.717) is 0 Å². The Bertz CT molecular complexity index is 731. The highest BCUT2D eigenvalue weighted by Gasteiger charge is 2.33. The zero-order valence-electron chi connectivity index (χ0n) is 12.4. The lowest BCUT2D eigenvalue weighted by molar-refractivity contribution is -0.137. The number of rotatable bonds is 3. The van der Waals surface area contributed by atoms with E-state index in [-0.39, 0.29) is 12.3 Å². The molecule has 1 aliphatic carbocycles. The minimum Gasteiger partial charge on any atom is -0.496 e. The van der Waals surface area contributed by atoms with E-state index < -0.39 is 5.97 Å². The number of ether oxygens (including phenoxy) is 1. The fourth-order valence-electron chi connectivity index (χ4n) is 3.49. The van der Waals surface area contributed by atoms with Crippen molar-refractivity contribution < 1.29 is 14.6 Å². The molecule has 1 unspecified atom stereocenters. The fourth-order valence-corrected chi connectivity index (χ4v) is 3.49. The third-order valence-electron chi connectivity index (χ3n) is 4.18. The number of methoxy groups -OCH3 is 1. The van der Waals surface area contributed by atoms with Gasteiger partial charge in [-0.25, -0.2) is 0 Å². The highest BCUT2D eigenvalue weighted by Crippen LogP contribution is 2.51. The van der Waals surface area contributed by atoms with Gasteiger partial charge in [0.05, 0.1) is 13.5 Å². The zero-order chi connectivity index (χ0) is 15.1. The van der Waals surface area contributed by atoms with Crippen LogP contribution in [0.4, 0.5) is 0 Å². The quantitative estimate of drug-likeness (QED) is 0.928. The topological polar surface area (TPSA) is 46.5 Å². The Kier molecular flexibility index (Phi) is 3.20. The lowest BCUT2D eigenvalue weighted by atomic mass is 9.90. The smallest absolute Gasteiger partial charge is 0.304 e. The Morgan fingerprint density at radius 1 is 1.29 bits per heavy atom. The Morgan fingerprint density at radius 3 is 2.71 bits per heavy atom. The van der Waals surface area contributed by atoms with Crippen molar-refractivity contribution in [3.63, 3.8) is 0 Å². The van der Waals surface area contributed by atoms with E-state index in [9.17, 15) is 9.90 Å². The number of hydrogen-bond donors (Lipinski definition) is 1. The van der Waals surface area contributed by atoms with E-state index >= 15 is 0 Å². The molecule has 0 saturated carbocycles. The second kappa shape index (κ2) is 4.92. The first-order valence-corrected chi connectivity index (χ1v) is 7.03. The Morgan fingerprint density at radius 2 is 2.05 bits per heavy atom. The van der Waals surface area contributed by atoms with Crippen LogP contribution in [0.3, 0.4) is 0 Å². The first kappa shape index (κ1) is 13.7. The van der Waals surface area contributed by atoms with Gasteiger partial charge >= 0.3 is 5.97 Å². The molecule has 3 rings (SSSR count). The van der Waals surface area contributed by atoms with Crippen LogP contribution < -0.4 is 4.74 Å². The molecule has 0 fully saturated rings. The van der Waals surface area contributed by atoms with Gasteiger partial charge in [0.15, 0.2) is 0 Å². The van der Waals surface area contributed by atoms with Gasteiger partial charge in [-0.15, -0.1) is 0 Å². The van der Waals surface area contributed by atoms with Gasteiger partial charge in [0.1, 0.15) is 5.75 Å². The van der Waals surface area contributed by atoms with E-state index in [1.54, 1.807) is 7.11 Å². The van der Waals surface area contributed by atoms with Crippen molar-refractivity contribution >= 4 is 5.97 Å². The van der Waals surface area contributed by atoms with Gasteiger partial charge in [-0.2, -0.15) is 0 Å². The van der Waals surface area contributed by atoms with Crippen LogP contribution in [0.15, 0.2) is 30.3 Å². The van der Waals surface area contributed by atoms with Crippen molar-refractivity contribution in [2.75, 3.05) is 7.11 Å². The number of fused-ring (bicyclic) bond motifs is 3. The Hall–Kier alpha value is -2.29. The molecule has 108 valence electrons. The number of benzene rings is 2. The zero-order valence-corrected chi connectivity index (χ0v) is 12.4. The van der Waals surface area contributed by atoms with Crippen molar-refractivity contribution in [2.24, 2.45) is 0 Å². The highest BCUT2D eigenvalue weighted by atomic mass is 16.5. The molecule has 3 heteroatoms. The van der Waals surface area contributed by atoms with E-state index in [2.05, 4.69) is 26.0 Å². The predicted molar refractivity (Wildman–Crippen MR) is 82.0 cm³/mol. The van der Waals surface area contributed by atoms with Crippen LogP contribution in [0.2, 0.25) is 0 Å². The molecule has 0 amide bonds. The number of carboxylic acid groups (broad SMARTS) is 1. The third-order valence-corrected chi connectivity index (χ3v) is 4.18. The van der Waals surface area contributed by atoms with Gasteiger partial charge in [-0.3, -0.25) is 4.79 Å². The van der Waals surface area contributed by atoms with Gasteiger partial charge in [-0.05, 0) is 42.2 Å². The molecule has 2 aromatic carbocycles. The van der Waals surface area contributed by atoms with Gasteiger partial charge in [0, 0.05) is 11.5 Å². The van der Waals surface area contributed by atoms with Crippen molar-refractivity contribution in [2.45, 2.75) is 26.2 Å². The van der Waals surface area contributed by atoms with Crippen LogP contribution in [0.1, 0.15) is 34.6 Å². The van der Waals surface area contributed by atoms with E-state index in [0.717, 1.165) is 33.6 Å². The summed E-state index contributed by atoms with van der Waals surface area (Å²) in [5, 5.41) is 9.27. The molecule has 0 aromatic heterocycles. The third kappa shape index (κ3) is 2.09. The lowest BCUT2D eigenvalue weighted by Gasteiger charge is -2.13. The summed E-state index contributed by atoms with van der Waals surface area (Å²) in [7, 11) is 1.66. The van der Waals surface area contributed by atoms with Crippen molar-refractivity contribution in [1.29, 1.82) is 0 Å². The largest absolute Gasteiger partial charge is 0.496 e. The second-order valence-corrected chi connectivity index (χ2v) is 5.62. The highest BCUT2D eigenvalue weighted by molar-refractivity contribution is 5.86. The van der Waals surface area contributed by atoms with E-state index in [1.807, 2.05) is 18.2 Å². The predicted octanol–water partition coefficient (Wildman–Crippen LogP) is 3.90. The average Bonchev–Trinajstić information content (AvgIpc) is 2.73. The minimum absolute atomic E-state index is 0.0943. The molecular formula is C18H18O3. The fraction of sp³-hybridized carbons (Fsp3) is 0.278. The summed E-state index contributed by atoms with van der Waals surface area (Å²) in [5.41, 5.74) is 6.68. The van der Waals surface area contributed by atoms with Crippen LogP contribution >= 0.6 is 0 Å². The average molecular weight is 282 g/mol. The van der Waals surface area contributed by atoms with E-state index in [4.69, 9.17) is 4.74 Å². The molecule has 0 saturated heterocycles. The summed E-state index contributed by atoms with van der Waals surface area (Å²) < 4.78 is 5.50. The van der Waals surface area contributed by atoms with Gasteiger partial charge in [0.2, 0.25) is 0 Å². The summed E-state index contributed by atoms with van der Waals surface area (Å²) in [5.74, 6) is -0.0589. The van der Waals surface area contributed by atoms with Crippen molar-refractivity contribution in [3.8, 4) is 16.9 Å². The summed E-state index contributed by atoms with van der Waals surface area (Å²) in [6.07, 6.45) is 0.108. The molecule has 0 bridgehead atoms. The van der Waals surface area contributed by atoms with Gasteiger partial charge < -0.3 is 9.84 Å². The Balaban J connectivity index is 2.32. The van der Waals surface area contributed by atoms with Crippen LogP contribution in [0.25, 0.3) is 11.1 Å². The molecule has 0 aliphatic heterocycles. The normalized spacial score (nSPS) is 15.5. The summed E-state index contributed by atoms with van der Waals surface area (Å²) >= 11 is 0. The monoisotopic (exact) mass is 282 g/mol. The number of aryl methyl sites for hydroxylation is 2. The molecule has 3 nitrogen and oxygen atoms in total.